The molecule has 6 heteroatoms. The maximum Gasteiger partial charge on any atom is 0.345 e. The number of aliphatic carboxylic acids is 1. The number of nitrogens with zero attached hydrogens (tertiary/aromatic N) is 1. The highest BCUT2D eigenvalue weighted by Gasteiger charge is 2.04. The first kappa shape index (κ1) is 12.8. The normalized spacial score (nSPS) is 10.2. The number of aryl methyl sites for hydroxylation is 1. The van der Waals surface area contributed by atoms with Crippen molar-refractivity contribution in [2.24, 2.45) is 0 Å². The van der Waals surface area contributed by atoms with Crippen molar-refractivity contribution in [2.45, 2.75) is 13.3 Å². The van der Waals surface area contributed by atoms with Crippen LogP contribution in [0.5, 0.6) is 11.5 Å². The first-order chi connectivity index (χ1) is 9.04. The summed E-state index contributed by atoms with van der Waals surface area (Å²) in [5, 5.41) is 8.66. The molecule has 19 heavy (non-hydrogen) atoms. The van der Waals surface area contributed by atoms with Crippen molar-refractivity contribution in [1.29, 1.82) is 0 Å². The Kier molecular flexibility index (Phi) is 3.61. The number of benzene rings is 1. The van der Waals surface area contributed by atoms with Crippen LogP contribution in [-0.4, -0.2) is 21.0 Å². The highest BCUT2D eigenvalue weighted by atomic mass is 16.5. The van der Waals surface area contributed by atoms with Crippen molar-refractivity contribution in [3.05, 3.63) is 52.2 Å². The Bertz CT molecular complexity index is 646. The van der Waals surface area contributed by atoms with E-state index in [0.717, 1.165) is 0 Å². The molecule has 1 heterocycles. The fourth-order valence-corrected chi connectivity index (χ4v) is 1.55. The van der Waals surface area contributed by atoms with Crippen LogP contribution < -0.4 is 10.4 Å². The zero-order chi connectivity index (χ0) is 13.8. The van der Waals surface area contributed by atoms with Gasteiger partial charge in [-0.3, -0.25) is 4.79 Å². The van der Waals surface area contributed by atoms with Crippen LogP contribution in [0, 0.1) is 6.92 Å². The summed E-state index contributed by atoms with van der Waals surface area (Å²) in [7, 11) is 0. The molecule has 0 saturated carbocycles. The van der Waals surface area contributed by atoms with Gasteiger partial charge in [-0.15, -0.1) is 0 Å². The molecule has 0 unspecified atom stereocenters. The van der Waals surface area contributed by atoms with Crippen LogP contribution in [0.4, 0.5) is 0 Å². The lowest BCUT2D eigenvalue weighted by molar-refractivity contribution is -0.136. The monoisotopic (exact) mass is 260 g/mol. The van der Waals surface area contributed by atoms with Crippen molar-refractivity contribution in [3.8, 4) is 11.5 Å². The van der Waals surface area contributed by atoms with Crippen molar-refractivity contribution in [3.63, 3.8) is 0 Å². The van der Waals surface area contributed by atoms with Gasteiger partial charge in [-0.1, -0.05) is 12.1 Å². The van der Waals surface area contributed by atoms with E-state index >= 15 is 0 Å². The number of H-pyrrole nitrogens is 1. The molecule has 1 aromatic carbocycles. The highest BCUT2D eigenvalue weighted by Crippen LogP contribution is 2.22. The molecule has 0 aliphatic heterocycles. The number of carboxylic acids is 1. The van der Waals surface area contributed by atoms with Crippen molar-refractivity contribution in [2.75, 3.05) is 0 Å². The van der Waals surface area contributed by atoms with Crippen LogP contribution in [-0.2, 0) is 11.2 Å². The number of aromatic amines is 1. The van der Waals surface area contributed by atoms with E-state index < -0.39 is 11.7 Å². The topological polar surface area (TPSA) is 92.3 Å². The van der Waals surface area contributed by atoms with E-state index in [2.05, 4.69) is 9.97 Å². The summed E-state index contributed by atoms with van der Waals surface area (Å²) in [6.07, 6.45) is 1.32. The molecule has 0 amide bonds. The minimum atomic E-state index is -0.880. The number of carboxylic acid groups (broad SMARTS) is 1. The molecule has 0 saturated heterocycles. The Morgan fingerprint density at radius 2 is 2.05 bits per heavy atom. The molecule has 0 radical (unpaired) electrons. The molecule has 0 bridgehead atoms. The summed E-state index contributed by atoms with van der Waals surface area (Å²) in [6, 6.07) is 6.70. The van der Waals surface area contributed by atoms with Gasteiger partial charge in [-0.25, -0.2) is 4.79 Å². The lowest BCUT2D eigenvalue weighted by Gasteiger charge is -2.07. The third kappa shape index (κ3) is 3.41. The van der Waals surface area contributed by atoms with Gasteiger partial charge in [0, 0.05) is 0 Å². The van der Waals surface area contributed by atoms with Gasteiger partial charge in [0.05, 0.1) is 18.3 Å². The van der Waals surface area contributed by atoms with Gasteiger partial charge in [-0.2, -0.15) is 4.98 Å². The number of carbonyl (C=O) groups is 1. The molecular formula is C13H12N2O4. The van der Waals surface area contributed by atoms with E-state index in [-0.39, 0.29) is 6.42 Å². The third-order valence-electron chi connectivity index (χ3n) is 2.47. The second-order valence-electron chi connectivity index (χ2n) is 3.99. The maximum atomic E-state index is 11.0. The number of hydrogen-bond acceptors (Lipinski definition) is 4. The first-order valence-corrected chi connectivity index (χ1v) is 5.59. The van der Waals surface area contributed by atoms with Crippen molar-refractivity contribution in [1.82, 2.24) is 9.97 Å². The second kappa shape index (κ2) is 5.34. The number of rotatable bonds is 4. The summed E-state index contributed by atoms with van der Waals surface area (Å²) in [4.78, 5) is 27.6. The average molecular weight is 260 g/mol. The van der Waals surface area contributed by atoms with Crippen molar-refractivity contribution >= 4 is 5.97 Å². The molecule has 6 nitrogen and oxygen atoms in total. The van der Waals surface area contributed by atoms with E-state index in [9.17, 15) is 9.59 Å². The standard InChI is InChI=1S/C13H12N2O4/c1-8-11(7-14-13(18)15-8)19-10-4-2-9(3-5-10)6-12(16)17/h2-5,7H,6H2,1H3,(H,16,17)(H,14,15,18). The molecule has 2 aromatic rings. The molecule has 2 N–H and O–H groups in total. The first-order valence-electron chi connectivity index (χ1n) is 5.59. The van der Waals surface area contributed by atoms with Gasteiger partial charge in [0.15, 0.2) is 5.75 Å². The Morgan fingerprint density at radius 1 is 1.37 bits per heavy atom. The molecule has 1 aromatic heterocycles. The van der Waals surface area contributed by atoms with Gasteiger partial charge in [-0.05, 0) is 24.6 Å². The van der Waals surface area contributed by atoms with Gasteiger partial charge in [0.25, 0.3) is 0 Å². The quantitative estimate of drug-likeness (QED) is 0.869. The van der Waals surface area contributed by atoms with E-state index in [1.807, 2.05) is 0 Å². The van der Waals surface area contributed by atoms with Crippen LogP contribution in [0.1, 0.15) is 11.3 Å². The predicted octanol–water partition coefficient (Wildman–Crippen LogP) is 1.50. The SMILES string of the molecule is Cc1[nH]c(=O)ncc1Oc1ccc(CC(=O)O)cc1. The smallest absolute Gasteiger partial charge is 0.345 e. The summed E-state index contributed by atoms with van der Waals surface area (Å²) >= 11 is 0. The van der Waals surface area contributed by atoms with Gasteiger partial charge < -0.3 is 14.8 Å². The molecule has 98 valence electrons. The average Bonchev–Trinajstić information content (AvgIpc) is 2.34. The molecule has 0 aliphatic carbocycles. The number of hydrogen-bond donors (Lipinski definition) is 2. The Hall–Kier alpha value is -2.63. The Balaban J connectivity index is 2.15. The van der Waals surface area contributed by atoms with Crippen LogP contribution in [0.15, 0.2) is 35.3 Å². The molecule has 0 fully saturated rings. The summed E-state index contributed by atoms with van der Waals surface area (Å²) < 4.78 is 5.54. The van der Waals surface area contributed by atoms with Crippen LogP contribution in [0.3, 0.4) is 0 Å². The van der Waals surface area contributed by atoms with Gasteiger partial charge >= 0.3 is 11.7 Å². The van der Waals surface area contributed by atoms with Crippen LogP contribution in [0.2, 0.25) is 0 Å². The van der Waals surface area contributed by atoms with Crippen molar-refractivity contribution < 1.29 is 14.6 Å². The van der Waals surface area contributed by atoms with Gasteiger partial charge in [0.1, 0.15) is 5.75 Å². The third-order valence-corrected chi connectivity index (χ3v) is 2.47. The summed E-state index contributed by atoms with van der Waals surface area (Å²) in [5.74, 6) is 0.117. The Labute approximate surface area is 108 Å². The molecule has 2 rings (SSSR count). The zero-order valence-corrected chi connectivity index (χ0v) is 10.2. The van der Waals surface area contributed by atoms with Crippen LogP contribution >= 0.6 is 0 Å². The lowest BCUT2D eigenvalue weighted by atomic mass is 10.1. The fourth-order valence-electron chi connectivity index (χ4n) is 1.55. The minimum absolute atomic E-state index is 0.0283. The van der Waals surface area contributed by atoms with E-state index in [0.29, 0.717) is 22.8 Å². The Morgan fingerprint density at radius 3 is 2.63 bits per heavy atom. The second-order valence-corrected chi connectivity index (χ2v) is 3.99. The fraction of sp³-hybridized carbons (Fsp3) is 0.154. The minimum Gasteiger partial charge on any atom is -0.481 e. The molecule has 0 atom stereocenters. The molecule has 0 aliphatic rings. The van der Waals surface area contributed by atoms with Crippen LogP contribution in [0.25, 0.3) is 0 Å². The van der Waals surface area contributed by atoms with E-state index in [1.54, 1.807) is 31.2 Å². The summed E-state index contributed by atoms with van der Waals surface area (Å²) in [6.45, 7) is 1.71. The summed E-state index contributed by atoms with van der Waals surface area (Å²) in [5.41, 5.74) is 0.840. The van der Waals surface area contributed by atoms with E-state index in [1.165, 1.54) is 6.20 Å². The maximum absolute atomic E-state index is 11.0. The predicted molar refractivity (Wildman–Crippen MR) is 67.5 cm³/mol. The molecule has 0 spiro atoms. The zero-order valence-electron chi connectivity index (χ0n) is 10.2. The van der Waals surface area contributed by atoms with E-state index in [4.69, 9.17) is 9.84 Å². The largest absolute Gasteiger partial charge is 0.481 e. The number of nitrogens with one attached hydrogen (secondary N) is 1. The number of ether oxygens (including phenoxy) is 1. The van der Waals surface area contributed by atoms with Gasteiger partial charge in [0.2, 0.25) is 0 Å². The highest BCUT2D eigenvalue weighted by molar-refractivity contribution is 5.70. The molecular weight excluding hydrogens is 248 g/mol. The lowest BCUT2D eigenvalue weighted by Crippen LogP contribution is -2.11. The number of aromatic nitrogens is 2.